The number of aromatic nitrogens is 1. The average Bonchev–Trinajstić information content (AvgIpc) is 3.24. The Balaban J connectivity index is 1.52. The van der Waals surface area contributed by atoms with Crippen LogP contribution in [0.2, 0.25) is 0 Å². The van der Waals surface area contributed by atoms with E-state index in [0.717, 1.165) is 31.5 Å². The van der Waals surface area contributed by atoms with Crippen LogP contribution in [0.25, 0.3) is 10.9 Å². The number of carbonyl (C=O) groups is 2. The maximum Gasteiger partial charge on any atom is 0.419 e. The third-order valence-corrected chi connectivity index (χ3v) is 6.90. The quantitative estimate of drug-likeness (QED) is 0.396. The third kappa shape index (κ3) is 6.41. The first-order valence-corrected chi connectivity index (χ1v) is 13.5. The lowest BCUT2D eigenvalue weighted by molar-refractivity contribution is 0.0544. The zero-order valence-electron chi connectivity index (χ0n) is 23.3. The molecule has 0 radical (unpaired) electrons. The molecule has 0 aliphatic carbocycles. The van der Waals surface area contributed by atoms with Gasteiger partial charge < -0.3 is 14.8 Å². The second-order valence-corrected chi connectivity index (χ2v) is 11.0. The van der Waals surface area contributed by atoms with Gasteiger partial charge in [-0.15, -0.1) is 0 Å². The minimum atomic E-state index is -0.657. The zero-order valence-corrected chi connectivity index (χ0v) is 23.3. The van der Waals surface area contributed by atoms with Gasteiger partial charge in [-0.3, -0.25) is 14.3 Å². The van der Waals surface area contributed by atoms with Crippen LogP contribution in [0.5, 0.6) is 5.75 Å². The van der Waals surface area contributed by atoms with Gasteiger partial charge in [0.25, 0.3) is 5.91 Å². The minimum absolute atomic E-state index is 0.0248. The summed E-state index contributed by atoms with van der Waals surface area (Å²) in [7, 11) is 1.55. The van der Waals surface area contributed by atoms with Crippen molar-refractivity contribution >= 4 is 22.9 Å². The highest BCUT2D eigenvalue weighted by Crippen LogP contribution is 2.33. The largest absolute Gasteiger partial charge is 0.489 e. The van der Waals surface area contributed by atoms with Gasteiger partial charge in [-0.05, 0) is 95.4 Å². The molecule has 0 saturated heterocycles. The number of carbonyl (C=O) groups excluding carboxylic acids is 2. The highest BCUT2D eigenvalue weighted by Gasteiger charge is 2.30. The minimum Gasteiger partial charge on any atom is -0.489 e. The molecular weight excluding hydrogens is 504 g/mol. The van der Waals surface area contributed by atoms with Crippen molar-refractivity contribution in [2.45, 2.75) is 65.0 Å². The molecule has 0 spiro atoms. The zero-order chi connectivity index (χ0) is 28.3. The molecule has 9 heteroatoms. The summed E-state index contributed by atoms with van der Waals surface area (Å²) in [5.74, 6) is -0.950. The standard InChI is InChI=1S/C30H37F2N3O4/c1-6-13-34(21-16-24-22(28(36)33-5)10-11-25(32)27(24)38-18-21)14-7-8-19-17-35(29(37)39-30(2,3)4)26-12-9-20(31)15-23(19)26/h9-12,15,17,21H,6-8,13-14,16,18H2,1-5H3,(H,33,36)/t21-/m1/s1. The fourth-order valence-electron chi connectivity index (χ4n) is 5.18. The smallest absolute Gasteiger partial charge is 0.419 e. The van der Waals surface area contributed by atoms with Crippen molar-refractivity contribution in [3.63, 3.8) is 0 Å². The van der Waals surface area contributed by atoms with E-state index in [1.165, 1.54) is 28.8 Å². The molecule has 1 aromatic heterocycles. The Kier molecular flexibility index (Phi) is 8.59. The van der Waals surface area contributed by atoms with Crippen molar-refractivity contribution in [1.29, 1.82) is 0 Å². The van der Waals surface area contributed by atoms with E-state index in [1.54, 1.807) is 40.1 Å². The third-order valence-electron chi connectivity index (χ3n) is 6.90. The Morgan fingerprint density at radius 1 is 1.18 bits per heavy atom. The van der Waals surface area contributed by atoms with Crippen molar-refractivity contribution in [2.75, 3.05) is 26.7 Å². The van der Waals surface area contributed by atoms with E-state index >= 15 is 0 Å². The van der Waals surface area contributed by atoms with Crippen molar-refractivity contribution in [3.05, 3.63) is 64.9 Å². The summed E-state index contributed by atoms with van der Waals surface area (Å²) in [5, 5.41) is 3.30. The molecule has 0 saturated carbocycles. The number of nitrogens with one attached hydrogen (secondary N) is 1. The molecule has 0 unspecified atom stereocenters. The van der Waals surface area contributed by atoms with Gasteiger partial charge in [-0.1, -0.05) is 6.92 Å². The summed E-state index contributed by atoms with van der Waals surface area (Å²) in [6.45, 7) is 9.36. The van der Waals surface area contributed by atoms with Gasteiger partial charge in [0.1, 0.15) is 18.0 Å². The van der Waals surface area contributed by atoms with Crippen LogP contribution in [-0.4, -0.2) is 59.9 Å². The number of ether oxygens (including phenoxy) is 2. The Bertz CT molecular complexity index is 1360. The molecule has 1 aliphatic rings. The maximum atomic E-state index is 14.5. The molecule has 2 aromatic carbocycles. The Hall–Kier alpha value is -3.46. The number of nitrogens with zero attached hydrogens (tertiary/aromatic N) is 2. The molecule has 4 rings (SSSR count). The lowest BCUT2D eigenvalue weighted by Crippen LogP contribution is -2.45. The van der Waals surface area contributed by atoms with Gasteiger partial charge in [-0.2, -0.15) is 0 Å². The lowest BCUT2D eigenvalue weighted by Gasteiger charge is -2.35. The number of hydrogen-bond donors (Lipinski definition) is 1. The van der Waals surface area contributed by atoms with E-state index in [-0.39, 0.29) is 23.5 Å². The molecule has 2 heterocycles. The molecule has 3 aromatic rings. The first kappa shape index (κ1) is 28.5. The Morgan fingerprint density at radius 3 is 2.64 bits per heavy atom. The number of hydrogen-bond acceptors (Lipinski definition) is 5. The summed E-state index contributed by atoms with van der Waals surface area (Å²) in [6.07, 6.45) is 4.02. The summed E-state index contributed by atoms with van der Waals surface area (Å²) in [6, 6.07) is 7.14. The number of benzene rings is 2. The van der Waals surface area contributed by atoms with E-state index < -0.39 is 17.5 Å². The van der Waals surface area contributed by atoms with E-state index in [2.05, 4.69) is 17.1 Å². The van der Waals surface area contributed by atoms with Crippen molar-refractivity contribution in [2.24, 2.45) is 0 Å². The van der Waals surface area contributed by atoms with Crippen LogP contribution < -0.4 is 10.1 Å². The molecule has 1 atom stereocenters. The molecule has 210 valence electrons. The summed E-state index contributed by atoms with van der Waals surface area (Å²) in [5.41, 5.74) is 1.82. The van der Waals surface area contributed by atoms with Crippen LogP contribution in [0.4, 0.5) is 13.6 Å². The molecule has 1 amide bonds. The second-order valence-electron chi connectivity index (χ2n) is 11.0. The lowest BCUT2D eigenvalue weighted by atomic mass is 9.95. The molecule has 7 nitrogen and oxygen atoms in total. The van der Waals surface area contributed by atoms with Gasteiger partial charge in [0, 0.05) is 35.8 Å². The van der Waals surface area contributed by atoms with Gasteiger partial charge in [0.15, 0.2) is 11.6 Å². The molecule has 1 N–H and O–H groups in total. The van der Waals surface area contributed by atoms with Crippen LogP contribution in [0.3, 0.4) is 0 Å². The van der Waals surface area contributed by atoms with Gasteiger partial charge in [0.2, 0.25) is 0 Å². The summed E-state index contributed by atoms with van der Waals surface area (Å²) < 4.78 is 41.5. The summed E-state index contributed by atoms with van der Waals surface area (Å²) >= 11 is 0. The van der Waals surface area contributed by atoms with Gasteiger partial charge in [0.05, 0.1) is 5.52 Å². The van der Waals surface area contributed by atoms with E-state index in [9.17, 15) is 18.4 Å². The van der Waals surface area contributed by atoms with Crippen molar-refractivity contribution < 1.29 is 27.8 Å². The molecule has 0 bridgehead atoms. The first-order valence-electron chi connectivity index (χ1n) is 13.5. The predicted octanol–water partition coefficient (Wildman–Crippen LogP) is 5.71. The number of fused-ring (bicyclic) bond motifs is 2. The predicted molar refractivity (Wildman–Crippen MR) is 146 cm³/mol. The fraction of sp³-hybridized carbons (Fsp3) is 0.467. The van der Waals surface area contributed by atoms with Crippen molar-refractivity contribution in [3.8, 4) is 5.75 Å². The number of halogens is 2. The van der Waals surface area contributed by atoms with E-state index in [4.69, 9.17) is 9.47 Å². The highest BCUT2D eigenvalue weighted by atomic mass is 19.1. The van der Waals surface area contributed by atoms with Crippen LogP contribution in [0, 0.1) is 11.6 Å². The van der Waals surface area contributed by atoms with Crippen LogP contribution in [-0.2, 0) is 17.6 Å². The Labute approximate surface area is 228 Å². The van der Waals surface area contributed by atoms with Crippen LogP contribution in [0.15, 0.2) is 36.5 Å². The van der Waals surface area contributed by atoms with E-state index in [0.29, 0.717) is 41.5 Å². The van der Waals surface area contributed by atoms with Crippen LogP contribution >= 0.6 is 0 Å². The van der Waals surface area contributed by atoms with Gasteiger partial charge >= 0.3 is 6.09 Å². The molecule has 1 aliphatic heterocycles. The molecular formula is C30H37F2N3O4. The van der Waals surface area contributed by atoms with Crippen molar-refractivity contribution in [1.82, 2.24) is 14.8 Å². The number of aryl methyl sites for hydroxylation is 1. The van der Waals surface area contributed by atoms with Crippen LogP contribution in [0.1, 0.15) is 62.0 Å². The molecule has 0 fully saturated rings. The second kappa shape index (κ2) is 11.7. The SMILES string of the molecule is CCCN(CCCc1cn(C(=O)OC(C)(C)C)c2ccc(F)cc12)[C@H]1COc2c(F)ccc(C(=O)NC)c2C1. The Morgan fingerprint density at radius 2 is 1.95 bits per heavy atom. The highest BCUT2D eigenvalue weighted by molar-refractivity contribution is 5.96. The monoisotopic (exact) mass is 541 g/mol. The maximum absolute atomic E-state index is 14.5. The van der Waals surface area contributed by atoms with Gasteiger partial charge in [-0.25, -0.2) is 13.6 Å². The first-order chi connectivity index (χ1) is 18.5. The topological polar surface area (TPSA) is 72.8 Å². The number of rotatable bonds is 8. The summed E-state index contributed by atoms with van der Waals surface area (Å²) in [4.78, 5) is 27.6. The molecule has 39 heavy (non-hydrogen) atoms. The normalized spacial score (nSPS) is 15.2. The average molecular weight is 542 g/mol. The fourth-order valence-corrected chi connectivity index (χ4v) is 5.18. The number of amides is 1. The van der Waals surface area contributed by atoms with E-state index in [1.807, 2.05) is 0 Å².